The second-order valence-corrected chi connectivity index (χ2v) is 6.08. The normalized spacial score (nSPS) is 16.2. The molecular weight excluding hydrogens is 254 g/mol. The van der Waals surface area contributed by atoms with Crippen molar-refractivity contribution in [2.45, 2.75) is 58.0 Å². The van der Waals surface area contributed by atoms with Gasteiger partial charge in [0, 0.05) is 26.2 Å². The van der Waals surface area contributed by atoms with Crippen LogP contribution in [0.2, 0.25) is 0 Å². The molecule has 0 aromatic carbocycles. The van der Waals surface area contributed by atoms with Gasteiger partial charge in [0.25, 0.3) is 0 Å². The Morgan fingerprint density at radius 3 is 2.25 bits per heavy atom. The Balaban J connectivity index is 2.37. The summed E-state index contributed by atoms with van der Waals surface area (Å²) in [5, 5.41) is 3.08. The van der Waals surface area contributed by atoms with Crippen molar-refractivity contribution in [2.24, 2.45) is 0 Å². The number of nitrogens with one attached hydrogen (secondary N) is 1. The molecule has 1 aliphatic carbocycles. The minimum atomic E-state index is -0.0379. The lowest BCUT2D eigenvalue weighted by Crippen LogP contribution is -2.46. The molecule has 0 unspecified atom stereocenters. The fraction of sp³-hybridized carbons (Fsp3) is 0.867. The number of rotatable bonds is 6. The van der Waals surface area contributed by atoms with Crippen molar-refractivity contribution in [3.8, 4) is 0 Å². The van der Waals surface area contributed by atoms with E-state index in [-0.39, 0.29) is 30.9 Å². The van der Waals surface area contributed by atoms with Gasteiger partial charge in [-0.05, 0) is 12.8 Å². The standard InChI is InChI=1S/C15H29N3O2/c1-12(2)16-10-14(19)17(3)11-15(20)18(4)13-8-6-5-7-9-13/h12-13,16H,5-11H2,1-4H3. The minimum absolute atomic E-state index is 0.0379. The van der Waals surface area contributed by atoms with E-state index < -0.39 is 0 Å². The molecule has 5 nitrogen and oxygen atoms in total. The lowest BCUT2D eigenvalue weighted by molar-refractivity contribution is -0.139. The van der Waals surface area contributed by atoms with E-state index in [4.69, 9.17) is 0 Å². The highest BCUT2D eigenvalue weighted by atomic mass is 16.2. The van der Waals surface area contributed by atoms with Crippen molar-refractivity contribution in [1.29, 1.82) is 0 Å². The molecule has 0 heterocycles. The number of amides is 2. The molecule has 0 aliphatic heterocycles. The third kappa shape index (κ3) is 5.49. The van der Waals surface area contributed by atoms with Crippen molar-refractivity contribution in [3.05, 3.63) is 0 Å². The first-order valence-electron chi connectivity index (χ1n) is 7.64. The van der Waals surface area contributed by atoms with E-state index in [1.165, 1.54) is 24.2 Å². The summed E-state index contributed by atoms with van der Waals surface area (Å²) in [6.07, 6.45) is 5.87. The Labute approximate surface area is 122 Å². The molecule has 1 fully saturated rings. The largest absolute Gasteiger partial charge is 0.341 e. The van der Waals surface area contributed by atoms with Gasteiger partial charge in [0.15, 0.2) is 0 Å². The Hall–Kier alpha value is -1.10. The Kier molecular flexibility index (Phi) is 6.99. The molecule has 20 heavy (non-hydrogen) atoms. The van der Waals surface area contributed by atoms with E-state index in [1.807, 2.05) is 25.8 Å². The molecule has 0 aromatic rings. The molecule has 1 rings (SSSR count). The van der Waals surface area contributed by atoms with Crippen LogP contribution >= 0.6 is 0 Å². The summed E-state index contributed by atoms with van der Waals surface area (Å²) in [6, 6.07) is 0.626. The first kappa shape index (κ1) is 17.0. The lowest BCUT2D eigenvalue weighted by Gasteiger charge is -2.32. The zero-order chi connectivity index (χ0) is 15.1. The van der Waals surface area contributed by atoms with Crippen LogP contribution in [0.25, 0.3) is 0 Å². The molecule has 5 heteroatoms. The number of hydrogen-bond donors (Lipinski definition) is 1. The van der Waals surface area contributed by atoms with Gasteiger partial charge in [0.1, 0.15) is 0 Å². The summed E-state index contributed by atoms with van der Waals surface area (Å²) in [6.45, 7) is 4.45. The van der Waals surface area contributed by atoms with E-state index in [0.717, 1.165) is 12.8 Å². The third-order valence-electron chi connectivity index (χ3n) is 3.98. The van der Waals surface area contributed by atoms with Crippen LogP contribution < -0.4 is 5.32 Å². The van der Waals surface area contributed by atoms with Gasteiger partial charge in [-0.1, -0.05) is 33.1 Å². The molecule has 0 spiro atoms. The fourth-order valence-corrected chi connectivity index (χ4v) is 2.50. The maximum atomic E-state index is 12.2. The Morgan fingerprint density at radius 2 is 1.70 bits per heavy atom. The molecule has 0 atom stereocenters. The fourth-order valence-electron chi connectivity index (χ4n) is 2.50. The second-order valence-electron chi connectivity index (χ2n) is 6.08. The van der Waals surface area contributed by atoms with Gasteiger partial charge in [-0.25, -0.2) is 0 Å². The predicted octanol–water partition coefficient (Wildman–Crippen LogP) is 1.23. The summed E-state index contributed by atoms with van der Waals surface area (Å²) in [4.78, 5) is 27.4. The minimum Gasteiger partial charge on any atom is -0.341 e. The number of likely N-dealkylation sites (N-methyl/N-ethyl adjacent to an activating group) is 2. The van der Waals surface area contributed by atoms with Crippen molar-refractivity contribution >= 4 is 11.8 Å². The summed E-state index contributed by atoms with van der Waals surface area (Å²) in [5.74, 6) is 0.00129. The summed E-state index contributed by atoms with van der Waals surface area (Å²) in [7, 11) is 3.56. The number of carbonyl (C=O) groups is 2. The highest BCUT2D eigenvalue weighted by molar-refractivity contribution is 5.85. The molecule has 2 amide bonds. The van der Waals surface area contributed by atoms with Gasteiger partial charge in [0.2, 0.25) is 11.8 Å². The van der Waals surface area contributed by atoms with Gasteiger partial charge in [0.05, 0.1) is 13.1 Å². The molecule has 1 saturated carbocycles. The smallest absolute Gasteiger partial charge is 0.242 e. The molecule has 116 valence electrons. The molecule has 0 bridgehead atoms. The summed E-state index contributed by atoms with van der Waals surface area (Å²) in [5.41, 5.74) is 0. The van der Waals surface area contributed by atoms with Gasteiger partial charge in [-0.3, -0.25) is 9.59 Å². The molecule has 1 N–H and O–H groups in total. The SMILES string of the molecule is CC(C)NCC(=O)N(C)CC(=O)N(C)C1CCCCC1. The van der Waals surface area contributed by atoms with Gasteiger partial charge < -0.3 is 15.1 Å². The van der Waals surface area contributed by atoms with Crippen molar-refractivity contribution in [1.82, 2.24) is 15.1 Å². The maximum Gasteiger partial charge on any atom is 0.242 e. The van der Waals surface area contributed by atoms with Crippen molar-refractivity contribution in [3.63, 3.8) is 0 Å². The number of hydrogen-bond acceptors (Lipinski definition) is 3. The summed E-state index contributed by atoms with van der Waals surface area (Å²) < 4.78 is 0. The van der Waals surface area contributed by atoms with Crippen LogP contribution in [0.4, 0.5) is 0 Å². The molecule has 0 aromatic heterocycles. The predicted molar refractivity (Wildman–Crippen MR) is 80.4 cm³/mol. The van der Waals surface area contributed by atoms with Crippen LogP contribution in [0.15, 0.2) is 0 Å². The van der Waals surface area contributed by atoms with Crippen LogP contribution in [-0.4, -0.2) is 60.9 Å². The van der Waals surface area contributed by atoms with Crippen LogP contribution in [-0.2, 0) is 9.59 Å². The van der Waals surface area contributed by atoms with E-state index in [9.17, 15) is 9.59 Å². The van der Waals surface area contributed by atoms with E-state index in [2.05, 4.69) is 5.32 Å². The quantitative estimate of drug-likeness (QED) is 0.798. The molecule has 0 saturated heterocycles. The number of nitrogens with zero attached hydrogens (tertiary/aromatic N) is 2. The van der Waals surface area contributed by atoms with Crippen LogP contribution in [0, 0.1) is 0 Å². The monoisotopic (exact) mass is 283 g/mol. The Bertz CT molecular complexity index is 325. The number of carbonyl (C=O) groups excluding carboxylic acids is 2. The average molecular weight is 283 g/mol. The van der Waals surface area contributed by atoms with E-state index in [0.29, 0.717) is 6.04 Å². The summed E-state index contributed by atoms with van der Waals surface area (Å²) >= 11 is 0. The lowest BCUT2D eigenvalue weighted by atomic mass is 9.94. The zero-order valence-electron chi connectivity index (χ0n) is 13.3. The van der Waals surface area contributed by atoms with Gasteiger partial charge in [-0.2, -0.15) is 0 Å². The molecule has 0 radical (unpaired) electrons. The maximum absolute atomic E-state index is 12.2. The topological polar surface area (TPSA) is 52.7 Å². The van der Waals surface area contributed by atoms with Crippen LogP contribution in [0.5, 0.6) is 0 Å². The van der Waals surface area contributed by atoms with Crippen LogP contribution in [0.3, 0.4) is 0 Å². The molecular formula is C15H29N3O2. The molecule has 1 aliphatic rings. The highest BCUT2D eigenvalue weighted by Crippen LogP contribution is 2.21. The van der Waals surface area contributed by atoms with E-state index in [1.54, 1.807) is 7.05 Å². The van der Waals surface area contributed by atoms with Gasteiger partial charge in [-0.15, -0.1) is 0 Å². The second kappa shape index (κ2) is 8.25. The highest BCUT2D eigenvalue weighted by Gasteiger charge is 2.23. The van der Waals surface area contributed by atoms with Crippen molar-refractivity contribution in [2.75, 3.05) is 27.2 Å². The zero-order valence-corrected chi connectivity index (χ0v) is 13.3. The first-order chi connectivity index (χ1) is 9.41. The van der Waals surface area contributed by atoms with Crippen LogP contribution in [0.1, 0.15) is 46.0 Å². The Morgan fingerprint density at radius 1 is 1.10 bits per heavy atom. The first-order valence-corrected chi connectivity index (χ1v) is 7.64. The van der Waals surface area contributed by atoms with Gasteiger partial charge >= 0.3 is 0 Å². The van der Waals surface area contributed by atoms with Crippen molar-refractivity contribution < 1.29 is 9.59 Å². The van der Waals surface area contributed by atoms with E-state index >= 15 is 0 Å². The average Bonchev–Trinajstić information content (AvgIpc) is 2.44. The third-order valence-corrected chi connectivity index (χ3v) is 3.98.